The molecule has 0 saturated carbocycles. The molecule has 2 aromatic carbocycles. The second kappa shape index (κ2) is 8.19. The zero-order valence-corrected chi connectivity index (χ0v) is 16.6. The van der Waals surface area contributed by atoms with Crippen LogP contribution in [0.15, 0.2) is 41.3 Å². The third-order valence-corrected chi connectivity index (χ3v) is 6.10. The number of nitrogens with one attached hydrogen (secondary N) is 1. The van der Waals surface area contributed by atoms with Gasteiger partial charge in [0.05, 0.1) is 7.11 Å². The highest BCUT2D eigenvalue weighted by molar-refractivity contribution is 7.89. The average Bonchev–Trinajstić information content (AvgIpc) is 2.67. The number of methoxy groups -OCH3 is 1. The van der Waals surface area contributed by atoms with E-state index in [0.717, 1.165) is 22.6 Å². The summed E-state index contributed by atoms with van der Waals surface area (Å²) in [7, 11) is -2.17. The number of fused-ring (bicyclic) bond motifs is 1. The molecule has 0 spiro atoms. The van der Waals surface area contributed by atoms with Crippen LogP contribution in [-0.2, 0) is 10.0 Å². The summed E-state index contributed by atoms with van der Waals surface area (Å²) >= 11 is 0. The fraction of sp³-hybridized carbons (Fsp3) is 0.400. The van der Waals surface area contributed by atoms with Crippen molar-refractivity contribution in [2.75, 3.05) is 26.9 Å². The zero-order chi connectivity index (χ0) is 19.4. The largest absolute Gasteiger partial charge is 0.495 e. The summed E-state index contributed by atoms with van der Waals surface area (Å²) < 4.78 is 44.3. The Bertz CT molecular complexity index is 911. The monoisotopic (exact) mass is 391 g/mol. The maximum Gasteiger partial charge on any atom is 0.244 e. The van der Waals surface area contributed by atoms with Crippen LogP contribution in [0.2, 0.25) is 0 Å². The fourth-order valence-corrected chi connectivity index (χ4v) is 4.31. The van der Waals surface area contributed by atoms with Gasteiger partial charge in [0.25, 0.3) is 0 Å². The van der Waals surface area contributed by atoms with Crippen molar-refractivity contribution < 1.29 is 22.6 Å². The van der Waals surface area contributed by atoms with E-state index in [2.05, 4.69) is 11.6 Å². The summed E-state index contributed by atoms with van der Waals surface area (Å²) in [5.74, 6) is 2.01. The van der Waals surface area contributed by atoms with Crippen LogP contribution in [0, 0.1) is 6.92 Å². The first kappa shape index (κ1) is 19.5. The van der Waals surface area contributed by atoms with Crippen LogP contribution in [0.5, 0.6) is 17.2 Å². The molecular weight excluding hydrogens is 366 g/mol. The lowest BCUT2D eigenvalue weighted by molar-refractivity contribution is 0.171. The number of aryl methyl sites for hydroxylation is 1. The average molecular weight is 391 g/mol. The highest BCUT2D eigenvalue weighted by Crippen LogP contribution is 2.33. The van der Waals surface area contributed by atoms with Crippen molar-refractivity contribution in [3.8, 4) is 17.2 Å². The summed E-state index contributed by atoms with van der Waals surface area (Å²) in [4.78, 5) is 0.164. The van der Waals surface area contributed by atoms with Crippen LogP contribution < -0.4 is 18.9 Å². The molecule has 0 bridgehead atoms. The van der Waals surface area contributed by atoms with Crippen LogP contribution in [0.25, 0.3) is 0 Å². The maximum atomic E-state index is 12.6. The van der Waals surface area contributed by atoms with E-state index in [1.54, 1.807) is 12.1 Å². The second-order valence-corrected chi connectivity index (χ2v) is 8.38. The lowest BCUT2D eigenvalue weighted by Crippen LogP contribution is -2.26. The number of benzene rings is 2. The molecule has 1 unspecified atom stereocenters. The third-order valence-electron chi connectivity index (χ3n) is 4.61. The minimum absolute atomic E-state index is 0.164. The van der Waals surface area contributed by atoms with Crippen molar-refractivity contribution in [3.05, 3.63) is 47.5 Å². The predicted octanol–water partition coefficient (Wildman–Crippen LogP) is 3.25. The van der Waals surface area contributed by atoms with E-state index in [1.807, 2.05) is 31.2 Å². The SMILES string of the molecule is COc1ccc(C)cc1S(=O)(=O)NCCC(C)c1ccc2c(c1)OCCO2. The second-order valence-electron chi connectivity index (χ2n) is 6.64. The molecule has 1 heterocycles. The Kier molecular flexibility index (Phi) is 5.92. The van der Waals surface area contributed by atoms with E-state index >= 15 is 0 Å². The highest BCUT2D eigenvalue weighted by atomic mass is 32.2. The van der Waals surface area contributed by atoms with E-state index in [-0.39, 0.29) is 10.8 Å². The summed E-state index contributed by atoms with van der Waals surface area (Å²) in [5.41, 5.74) is 1.95. The van der Waals surface area contributed by atoms with Crippen molar-refractivity contribution in [2.45, 2.75) is 31.1 Å². The molecule has 7 heteroatoms. The van der Waals surface area contributed by atoms with Crippen LogP contribution in [0.1, 0.15) is 30.4 Å². The van der Waals surface area contributed by atoms with E-state index in [1.165, 1.54) is 7.11 Å². The van der Waals surface area contributed by atoms with Crippen LogP contribution in [-0.4, -0.2) is 35.3 Å². The Hall–Kier alpha value is -2.25. The summed E-state index contributed by atoms with van der Waals surface area (Å²) in [5, 5.41) is 0. The molecule has 0 fully saturated rings. The molecule has 1 N–H and O–H groups in total. The Morgan fingerprint density at radius 3 is 2.59 bits per heavy atom. The lowest BCUT2D eigenvalue weighted by atomic mass is 9.97. The van der Waals surface area contributed by atoms with Gasteiger partial charge in [-0.25, -0.2) is 13.1 Å². The number of sulfonamides is 1. The minimum Gasteiger partial charge on any atom is -0.495 e. The van der Waals surface area contributed by atoms with Crippen molar-refractivity contribution in [1.29, 1.82) is 0 Å². The number of hydrogen-bond donors (Lipinski definition) is 1. The van der Waals surface area contributed by atoms with Crippen molar-refractivity contribution >= 4 is 10.0 Å². The van der Waals surface area contributed by atoms with Gasteiger partial charge in [0.2, 0.25) is 10.0 Å². The normalized spacial score (nSPS) is 14.6. The maximum absolute atomic E-state index is 12.6. The fourth-order valence-electron chi connectivity index (χ4n) is 3.01. The standard InChI is InChI=1S/C20H25NO5S/c1-14-4-6-18(24-3)20(12-14)27(22,23)21-9-8-15(2)16-5-7-17-19(13-16)26-11-10-25-17/h4-7,12-13,15,21H,8-11H2,1-3H3. The molecule has 0 saturated heterocycles. The lowest BCUT2D eigenvalue weighted by Gasteiger charge is -2.20. The predicted molar refractivity (Wildman–Crippen MR) is 103 cm³/mol. The zero-order valence-electron chi connectivity index (χ0n) is 15.8. The van der Waals surface area contributed by atoms with Gasteiger partial charge in [-0.15, -0.1) is 0 Å². The molecule has 3 rings (SSSR count). The van der Waals surface area contributed by atoms with Crippen LogP contribution >= 0.6 is 0 Å². The number of ether oxygens (including phenoxy) is 3. The Morgan fingerprint density at radius 1 is 1.11 bits per heavy atom. The van der Waals surface area contributed by atoms with Crippen molar-refractivity contribution in [1.82, 2.24) is 4.72 Å². The van der Waals surface area contributed by atoms with E-state index in [0.29, 0.717) is 31.9 Å². The third kappa shape index (κ3) is 4.54. The molecule has 146 valence electrons. The van der Waals surface area contributed by atoms with Gasteiger partial charge in [0.1, 0.15) is 23.9 Å². The molecule has 1 aliphatic rings. The van der Waals surface area contributed by atoms with Crippen LogP contribution in [0.3, 0.4) is 0 Å². The molecule has 27 heavy (non-hydrogen) atoms. The van der Waals surface area contributed by atoms with E-state index in [9.17, 15) is 8.42 Å². The van der Waals surface area contributed by atoms with Gasteiger partial charge in [0, 0.05) is 6.54 Å². The summed E-state index contributed by atoms with van der Waals surface area (Å²) in [6.07, 6.45) is 0.660. The van der Waals surface area contributed by atoms with Gasteiger partial charge in [-0.05, 0) is 54.7 Å². The first-order valence-electron chi connectivity index (χ1n) is 8.94. The molecular formula is C20H25NO5S. The Balaban J connectivity index is 1.64. The summed E-state index contributed by atoms with van der Waals surface area (Å²) in [6, 6.07) is 11.0. The molecule has 0 aliphatic carbocycles. The van der Waals surface area contributed by atoms with Gasteiger partial charge < -0.3 is 14.2 Å². The summed E-state index contributed by atoms with van der Waals surface area (Å²) in [6.45, 7) is 5.35. The molecule has 1 aliphatic heterocycles. The number of hydrogen-bond acceptors (Lipinski definition) is 5. The first-order valence-corrected chi connectivity index (χ1v) is 10.4. The topological polar surface area (TPSA) is 73.9 Å². The first-order chi connectivity index (χ1) is 12.9. The Morgan fingerprint density at radius 2 is 1.85 bits per heavy atom. The highest BCUT2D eigenvalue weighted by Gasteiger charge is 2.20. The van der Waals surface area contributed by atoms with Crippen molar-refractivity contribution in [2.24, 2.45) is 0 Å². The molecule has 2 aromatic rings. The smallest absolute Gasteiger partial charge is 0.244 e. The molecule has 6 nitrogen and oxygen atoms in total. The van der Waals surface area contributed by atoms with Crippen molar-refractivity contribution in [3.63, 3.8) is 0 Å². The molecule has 1 atom stereocenters. The molecule has 0 amide bonds. The quantitative estimate of drug-likeness (QED) is 0.784. The molecule has 0 radical (unpaired) electrons. The van der Waals surface area contributed by atoms with Gasteiger partial charge in [-0.3, -0.25) is 0 Å². The van der Waals surface area contributed by atoms with Gasteiger partial charge in [0.15, 0.2) is 11.5 Å². The van der Waals surface area contributed by atoms with Crippen LogP contribution in [0.4, 0.5) is 0 Å². The Labute approximate surface area is 160 Å². The number of rotatable bonds is 7. The van der Waals surface area contributed by atoms with Gasteiger partial charge in [-0.2, -0.15) is 0 Å². The van der Waals surface area contributed by atoms with Gasteiger partial charge in [-0.1, -0.05) is 19.1 Å². The minimum atomic E-state index is -3.64. The molecule has 0 aromatic heterocycles. The van der Waals surface area contributed by atoms with E-state index in [4.69, 9.17) is 14.2 Å². The van der Waals surface area contributed by atoms with Gasteiger partial charge >= 0.3 is 0 Å². The van der Waals surface area contributed by atoms with E-state index < -0.39 is 10.0 Å².